The molecule has 0 saturated carbocycles. The standard InChI is InChI=1S/C17H29NO3S/c1-5-16-6-8-17(9-7-16)15(3)18-22(19,20)13-11-14(2)10-12-21-4/h6-9,14-15,18H,5,10-13H2,1-4H3/t14-,15+/m0/s1. The summed E-state index contributed by atoms with van der Waals surface area (Å²) in [6.45, 7) is 6.72. The van der Waals surface area contributed by atoms with Crippen molar-refractivity contribution in [3.63, 3.8) is 0 Å². The zero-order valence-corrected chi connectivity index (χ0v) is 14.9. The van der Waals surface area contributed by atoms with Gasteiger partial charge in [-0.3, -0.25) is 0 Å². The molecule has 1 N–H and O–H groups in total. The number of hydrogen-bond acceptors (Lipinski definition) is 3. The molecule has 5 heteroatoms. The van der Waals surface area contributed by atoms with Crippen LogP contribution in [0.2, 0.25) is 0 Å². The number of nitrogens with one attached hydrogen (secondary N) is 1. The molecule has 0 amide bonds. The van der Waals surface area contributed by atoms with E-state index >= 15 is 0 Å². The number of methoxy groups -OCH3 is 1. The summed E-state index contributed by atoms with van der Waals surface area (Å²) in [5, 5.41) is 0. The molecule has 0 bridgehead atoms. The van der Waals surface area contributed by atoms with Crippen LogP contribution in [0.1, 0.15) is 50.8 Å². The molecule has 1 aromatic carbocycles. The molecule has 0 aliphatic heterocycles. The van der Waals surface area contributed by atoms with Gasteiger partial charge in [-0.15, -0.1) is 0 Å². The average Bonchev–Trinajstić information content (AvgIpc) is 2.50. The molecule has 4 nitrogen and oxygen atoms in total. The Bertz CT molecular complexity index is 525. The molecule has 2 atom stereocenters. The highest BCUT2D eigenvalue weighted by Crippen LogP contribution is 2.16. The van der Waals surface area contributed by atoms with Gasteiger partial charge in [0.2, 0.25) is 10.0 Å². The van der Waals surface area contributed by atoms with Crippen molar-refractivity contribution in [2.75, 3.05) is 19.5 Å². The van der Waals surface area contributed by atoms with E-state index < -0.39 is 10.0 Å². The highest BCUT2D eigenvalue weighted by molar-refractivity contribution is 7.89. The third-order valence-corrected chi connectivity index (χ3v) is 5.42. The maximum Gasteiger partial charge on any atom is 0.212 e. The molecule has 0 fully saturated rings. The Kier molecular flexibility index (Phi) is 8.07. The van der Waals surface area contributed by atoms with E-state index in [1.807, 2.05) is 31.2 Å². The first kappa shape index (κ1) is 19.1. The second-order valence-electron chi connectivity index (χ2n) is 5.93. The van der Waals surface area contributed by atoms with E-state index in [2.05, 4.69) is 18.6 Å². The molecule has 0 aliphatic carbocycles. The number of aryl methyl sites for hydroxylation is 1. The van der Waals surface area contributed by atoms with Gasteiger partial charge in [0, 0.05) is 19.8 Å². The van der Waals surface area contributed by atoms with Crippen LogP contribution in [0.5, 0.6) is 0 Å². The van der Waals surface area contributed by atoms with E-state index in [0.717, 1.165) is 18.4 Å². The number of rotatable bonds is 10. The fourth-order valence-electron chi connectivity index (χ4n) is 2.26. The summed E-state index contributed by atoms with van der Waals surface area (Å²) < 4.78 is 32.1. The van der Waals surface area contributed by atoms with E-state index in [1.54, 1.807) is 7.11 Å². The normalized spacial score (nSPS) is 14.7. The Morgan fingerprint density at radius 3 is 2.32 bits per heavy atom. The summed E-state index contributed by atoms with van der Waals surface area (Å²) in [6.07, 6.45) is 2.53. The summed E-state index contributed by atoms with van der Waals surface area (Å²) in [4.78, 5) is 0. The fraction of sp³-hybridized carbons (Fsp3) is 0.647. The summed E-state index contributed by atoms with van der Waals surface area (Å²) >= 11 is 0. The quantitative estimate of drug-likeness (QED) is 0.717. The van der Waals surface area contributed by atoms with E-state index in [0.29, 0.717) is 18.9 Å². The van der Waals surface area contributed by atoms with Gasteiger partial charge in [0.25, 0.3) is 0 Å². The van der Waals surface area contributed by atoms with Crippen LogP contribution in [0.25, 0.3) is 0 Å². The van der Waals surface area contributed by atoms with Crippen LogP contribution < -0.4 is 4.72 Å². The lowest BCUT2D eigenvalue weighted by Crippen LogP contribution is -2.29. The first-order valence-electron chi connectivity index (χ1n) is 7.95. The van der Waals surface area contributed by atoms with Crippen molar-refractivity contribution in [1.82, 2.24) is 4.72 Å². The van der Waals surface area contributed by atoms with Crippen molar-refractivity contribution >= 4 is 10.0 Å². The lowest BCUT2D eigenvalue weighted by atomic mass is 10.1. The van der Waals surface area contributed by atoms with Gasteiger partial charge in [-0.25, -0.2) is 13.1 Å². The van der Waals surface area contributed by atoms with Crippen molar-refractivity contribution in [1.29, 1.82) is 0 Å². The van der Waals surface area contributed by atoms with E-state index in [4.69, 9.17) is 4.74 Å². The minimum absolute atomic E-state index is 0.162. The van der Waals surface area contributed by atoms with Gasteiger partial charge >= 0.3 is 0 Å². The molecule has 0 saturated heterocycles. The van der Waals surface area contributed by atoms with Crippen LogP contribution in [0.15, 0.2) is 24.3 Å². The highest BCUT2D eigenvalue weighted by atomic mass is 32.2. The van der Waals surface area contributed by atoms with Gasteiger partial charge in [-0.2, -0.15) is 0 Å². The molecule has 126 valence electrons. The van der Waals surface area contributed by atoms with Crippen molar-refractivity contribution in [2.45, 2.75) is 46.1 Å². The van der Waals surface area contributed by atoms with Crippen molar-refractivity contribution in [3.05, 3.63) is 35.4 Å². The first-order chi connectivity index (χ1) is 10.4. The lowest BCUT2D eigenvalue weighted by Gasteiger charge is -2.16. The summed E-state index contributed by atoms with van der Waals surface area (Å²) in [5.41, 5.74) is 2.25. The Hall–Kier alpha value is -0.910. The summed E-state index contributed by atoms with van der Waals surface area (Å²) in [6, 6.07) is 7.88. The van der Waals surface area contributed by atoms with Gasteiger partial charge in [-0.05, 0) is 43.2 Å². The Balaban J connectivity index is 2.51. The van der Waals surface area contributed by atoms with Crippen LogP contribution in [0, 0.1) is 5.92 Å². The maximum atomic E-state index is 12.2. The molecule has 0 aromatic heterocycles. The fourth-order valence-corrected chi connectivity index (χ4v) is 3.76. The second-order valence-corrected chi connectivity index (χ2v) is 7.80. The van der Waals surface area contributed by atoms with Gasteiger partial charge in [0.15, 0.2) is 0 Å². The van der Waals surface area contributed by atoms with E-state index in [1.165, 1.54) is 5.56 Å². The Morgan fingerprint density at radius 1 is 1.14 bits per heavy atom. The number of hydrogen-bond donors (Lipinski definition) is 1. The summed E-state index contributed by atoms with van der Waals surface area (Å²) in [5.74, 6) is 0.505. The molecule has 1 aromatic rings. The topological polar surface area (TPSA) is 55.4 Å². The van der Waals surface area contributed by atoms with Crippen molar-refractivity contribution in [2.24, 2.45) is 5.92 Å². The summed E-state index contributed by atoms with van der Waals surface area (Å²) in [7, 11) is -1.59. The lowest BCUT2D eigenvalue weighted by molar-refractivity contribution is 0.179. The van der Waals surface area contributed by atoms with E-state index in [-0.39, 0.29) is 11.8 Å². The third-order valence-electron chi connectivity index (χ3n) is 3.94. The predicted octanol–water partition coefficient (Wildman–Crippen LogP) is 3.29. The molecule has 0 unspecified atom stereocenters. The van der Waals surface area contributed by atoms with Crippen LogP contribution in [0.3, 0.4) is 0 Å². The van der Waals surface area contributed by atoms with Gasteiger partial charge in [0.1, 0.15) is 0 Å². The van der Waals surface area contributed by atoms with Crippen molar-refractivity contribution < 1.29 is 13.2 Å². The van der Waals surface area contributed by atoms with Crippen LogP contribution in [-0.4, -0.2) is 27.9 Å². The molecule has 1 rings (SSSR count). The largest absolute Gasteiger partial charge is 0.385 e. The van der Waals surface area contributed by atoms with Crippen LogP contribution in [-0.2, 0) is 21.2 Å². The third kappa shape index (κ3) is 6.90. The minimum Gasteiger partial charge on any atom is -0.385 e. The second kappa shape index (κ2) is 9.28. The molecular formula is C17H29NO3S. The number of benzene rings is 1. The first-order valence-corrected chi connectivity index (χ1v) is 9.61. The molecule has 0 aliphatic rings. The highest BCUT2D eigenvalue weighted by Gasteiger charge is 2.17. The van der Waals surface area contributed by atoms with Crippen molar-refractivity contribution in [3.8, 4) is 0 Å². The average molecular weight is 327 g/mol. The van der Waals surface area contributed by atoms with Gasteiger partial charge in [0.05, 0.1) is 5.75 Å². The maximum absolute atomic E-state index is 12.2. The SMILES string of the molecule is CCc1ccc([C@@H](C)NS(=O)(=O)CC[C@@H](C)CCOC)cc1. The van der Waals surface area contributed by atoms with Gasteiger partial charge < -0.3 is 4.74 Å². The molecular weight excluding hydrogens is 298 g/mol. The zero-order chi connectivity index (χ0) is 16.6. The predicted molar refractivity (Wildman–Crippen MR) is 91.4 cm³/mol. The Labute approximate surface area is 135 Å². The number of sulfonamides is 1. The van der Waals surface area contributed by atoms with E-state index in [9.17, 15) is 8.42 Å². The minimum atomic E-state index is -3.26. The molecule has 22 heavy (non-hydrogen) atoms. The Morgan fingerprint density at radius 2 is 1.77 bits per heavy atom. The monoisotopic (exact) mass is 327 g/mol. The van der Waals surface area contributed by atoms with Crippen LogP contribution >= 0.6 is 0 Å². The smallest absolute Gasteiger partial charge is 0.212 e. The number of ether oxygens (including phenoxy) is 1. The van der Waals surface area contributed by atoms with Gasteiger partial charge in [-0.1, -0.05) is 38.1 Å². The molecule has 0 spiro atoms. The molecule has 0 radical (unpaired) electrons. The zero-order valence-electron chi connectivity index (χ0n) is 14.1. The van der Waals surface area contributed by atoms with Crippen LogP contribution in [0.4, 0.5) is 0 Å². The molecule has 0 heterocycles.